The van der Waals surface area contributed by atoms with E-state index < -0.39 is 0 Å². The van der Waals surface area contributed by atoms with Gasteiger partial charge in [0.2, 0.25) is 0 Å². The van der Waals surface area contributed by atoms with E-state index >= 15 is 0 Å². The third-order valence-corrected chi connectivity index (χ3v) is 5.87. The molecule has 0 radical (unpaired) electrons. The van der Waals surface area contributed by atoms with E-state index in [-0.39, 0.29) is 5.54 Å². The second kappa shape index (κ2) is 6.02. The van der Waals surface area contributed by atoms with E-state index in [1.807, 2.05) is 0 Å². The lowest BCUT2D eigenvalue weighted by atomic mass is 9.77. The number of benzene rings is 1. The van der Waals surface area contributed by atoms with Gasteiger partial charge < -0.3 is 5.32 Å². The molecule has 0 amide bonds. The Hall–Kier alpha value is -0.380. The Balaban J connectivity index is 1.75. The zero-order chi connectivity index (χ0) is 14.9. The molecule has 0 atom stereocenters. The standard InChI is InChI=1S/C18H27BrN2/c1-17(2)13-20-18(10-4-3-5-11-18)14-21(17)12-15-6-8-16(19)9-7-15/h6-9,20H,3-5,10-14H2,1-2H3. The van der Waals surface area contributed by atoms with Crippen molar-refractivity contribution in [3.8, 4) is 0 Å². The van der Waals surface area contributed by atoms with Gasteiger partial charge in [0.15, 0.2) is 0 Å². The molecule has 0 unspecified atom stereocenters. The maximum Gasteiger partial charge on any atom is 0.0309 e. The van der Waals surface area contributed by atoms with Gasteiger partial charge in [0.05, 0.1) is 0 Å². The van der Waals surface area contributed by atoms with Crippen LogP contribution in [0.3, 0.4) is 0 Å². The molecule has 1 saturated carbocycles. The van der Waals surface area contributed by atoms with Gasteiger partial charge >= 0.3 is 0 Å². The van der Waals surface area contributed by atoms with Crippen LogP contribution in [-0.2, 0) is 6.54 Å². The summed E-state index contributed by atoms with van der Waals surface area (Å²) in [7, 11) is 0. The zero-order valence-corrected chi connectivity index (χ0v) is 14.9. The van der Waals surface area contributed by atoms with E-state index in [1.165, 1.54) is 44.2 Å². The molecule has 21 heavy (non-hydrogen) atoms. The molecule has 0 aromatic heterocycles. The van der Waals surface area contributed by atoms with Crippen molar-refractivity contribution in [1.82, 2.24) is 10.2 Å². The highest BCUT2D eigenvalue weighted by atomic mass is 79.9. The summed E-state index contributed by atoms with van der Waals surface area (Å²) < 4.78 is 1.16. The molecule has 2 nitrogen and oxygen atoms in total. The number of nitrogens with one attached hydrogen (secondary N) is 1. The van der Waals surface area contributed by atoms with Crippen molar-refractivity contribution in [3.05, 3.63) is 34.3 Å². The minimum absolute atomic E-state index is 0.232. The molecule has 1 spiro atoms. The van der Waals surface area contributed by atoms with Crippen molar-refractivity contribution in [2.45, 2.75) is 63.6 Å². The first-order chi connectivity index (χ1) is 9.99. The Kier molecular flexibility index (Phi) is 4.45. The van der Waals surface area contributed by atoms with Gasteiger partial charge in [-0.3, -0.25) is 4.90 Å². The van der Waals surface area contributed by atoms with Crippen LogP contribution in [0, 0.1) is 0 Å². The van der Waals surface area contributed by atoms with Crippen molar-refractivity contribution < 1.29 is 0 Å². The quantitative estimate of drug-likeness (QED) is 0.853. The summed E-state index contributed by atoms with van der Waals surface area (Å²) in [6.07, 6.45) is 6.89. The van der Waals surface area contributed by atoms with E-state index in [0.717, 1.165) is 17.6 Å². The Labute approximate surface area is 137 Å². The van der Waals surface area contributed by atoms with E-state index in [2.05, 4.69) is 64.3 Å². The molecule has 1 aliphatic carbocycles. The van der Waals surface area contributed by atoms with Gasteiger partial charge in [-0.05, 0) is 44.4 Å². The van der Waals surface area contributed by atoms with Gasteiger partial charge in [0, 0.05) is 35.2 Å². The Morgan fingerprint density at radius 1 is 1.10 bits per heavy atom. The SMILES string of the molecule is CC1(C)CNC2(CCCCC2)CN1Cc1ccc(Br)cc1. The molecule has 1 heterocycles. The molecule has 3 rings (SSSR count). The van der Waals surface area contributed by atoms with E-state index in [0.29, 0.717) is 5.54 Å². The van der Waals surface area contributed by atoms with Crippen LogP contribution in [0.5, 0.6) is 0 Å². The highest BCUT2D eigenvalue weighted by molar-refractivity contribution is 9.10. The minimum Gasteiger partial charge on any atom is -0.308 e. The highest BCUT2D eigenvalue weighted by Gasteiger charge is 2.42. The predicted octanol–water partition coefficient (Wildman–Crippen LogP) is 4.34. The third-order valence-electron chi connectivity index (χ3n) is 5.34. The van der Waals surface area contributed by atoms with Crippen LogP contribution in [-0.4, -0.2) is 29.1 Å². The smallest absolute Gasteiger partial charge is 0.0309 e. The number of halogens is 1. The van der Waals surface area contributed by atoms with Crippen molar-refractivity contribution in [2.24, 2.45) is 0 Å². The Bertz CT molecular complexity index is 474. The van der Waals surface area contributed by atoms with Crippen LogP contribution in [0.2, 0.25) is 0 Å². The summed E-state index contributed by atoms with van der Waals surface area (Å²) in [6.45, 7) is 8.09. The number of hydrogen-bond acceptors (Lipinski definition) is 2. The molecule has 116 valence electrons. The van der Waals surface area contributed by atoms with Gasteiger partial charge in [0.1, 0.15) is 0 Å². The average Bonchev–Trinajstić information content (AvgIpc) is 2.47. The van der Waals surface area contributed by atoms with Crippen LogP contribution in [0.4, 0.5) is 0 Å². The summed E-state index contributed by atoms with van der Waals surface area (Å²) in [5.41, 5.74) is 2.03. The lowest BCUT2D eigenvalue weighted by molar-refractivity contribution is 0.00485. The maximum absolute atomic E-state index is 3.90. The summed E-state index contributed by atoms with van der Waals surface area (Å²) in [6, 6.07) is 8.80. The van der Waals surface area contributed by atoms with Gasteiger partial charge in [-0.1, -0.05) is 47.3 Å². The highest BCUT2D eigenvalue weighted by Crippen LogP contribution is 2.35. The summed E-state index contributed by atoms with van der Waals surface area (Å²) in [4.78, 5) is 2.69. The molecule has 2 fully saturated rings. The summed E-state index contributed by atoms with van der Waals surface area (Å²) in [5.74, 6) is 0. The Morgan fingerprint density at radius 2 is 1.76 bits per heavy atom. The summed E-state index contributed by atoms with van der Waals surface area (Å²) >= 11 is 3.53. The molecule has 1 aromatic rings. The topological polar surface area (TPSA) is 15.3 Å². The Morgan fingerprint density at radius 3 is 2.43 bits per heavy atom. The fourth-order valence-corrected chi connectivity index (χ4v) is 4.06. The molecule has 0 bridgehead atoms. The van der Waals surface area contributed by atoms with Crippen molar-refractivity contribution in [2.75, 3.05) is 13.1 Å². The normalized spacial score (nSPS) is 25.1. The number of hydrogen-bond donors (Lipinski definition) is 1. The van der Waals surface area contributed by atoms with Gasteiger partial charge in [0.25, 0.3) is 0 Å². The monoisotopic (exact) mass is 350 g/mol. The van der Waals surface area contributed by atoms with Crippen LogP contribution >= 0.6 is 15.9 Å². The van der Waals surface area contributed by atoms with Crippen LogP contribution in [0.15, 0.2) is 28.7 Å². The molecule has 1 N–H and O–H groups in total. The lowest BCUT2D eigenvalue weighted by Crippen LogP contribution is -2.68. The first-order valence-corrected chi connectivity index (χ1v) is 9.03. The van der Waals surface area contributed by atoms with Crippen LogP contribution in [0.1, 0.15) is 51.5 Å². The minimum atomic E-state index is 0.232. The summed E-state index contributed by atoms with van der Waals surface area (Å²) in [5, 5.41) is 3.90. The maximum atomic E-state index is 3.90. The number of nitrogens with zero attached hydrogens (tertiary/aromatic N) is 1. The van der Waals surface area contributed by atoms with E-state index in [4.69, 9.17) is 0 Å². The van der Waals surface area contributed by atoms with Gasteiger partial charge in [-0.2, -0.15) is 0 Å². The molecular weight excluding hydrogens is 324 g/mol. The van der Waals surface area contributed by atoms with Gasteiger partial charge in [-0.15, -0.1) is 0 Å². The van der Waals surface area contributed by atoms with Crippen molar-refractivity contribution in [1.29, 1.82) is 0 Å². The van der Waals surface area contributed by atoms with Crippen LogP contribution < -0.4 is 5.32 Å². The second-order valence-corrected chi connectivity index (χ2v) is 8.41. The lowest BCUT2D eigenvalue weighted by Gasteiger charge is -2.53. The van der Waals surface area contributed by atoms with E-state index in [1.54, 1.807) is 0 Å². The fraction of sp³-hybridized carbons (Fsp3) is 0.667. The number of piperazine rings is 1. The second-order valence-electron chi connectivity index (χ2n) is 7.49. The number of rotatable bonds is 2. The molecular formula is C18H27BrN2. The van der Waals surface area contributed by atoms with Crippen molar-refractivity contribution >= 4 is 15.9 Å². The average molecular weight is 351 g/mol. The molecule has 1 aliphatic heterocycles. The predicted molar refractivity (Wildman–Crippen MR) is 92.4 cm³/mol. The fourth-order valence-electron chi connectivity index (χ4n) is 3.79. The molecule has 1 saturated heterocycles. The third kappa shape index (κ3) is 3.52. The van der Waals surface area contributed by atoms with Crippen molar-refractivity contribution in [3.63, 3.8) is 0 Å². The van der Waals surface area contributed by atoms with E-state index in [9.17, 15) is 0 Å². The molecule has 1 aromatic carbocycles. The van der Waals surface area contributed by atoms with Crippen LogP contribution in [0.25, 0.3) is 0 Å². The molecule has 3 heteroatoms. The zero-order valence-electron chi connectivity index (χ0n) is 13.3. The van der Waals surface area contributed by atoms with Gasteiger partial charge in [-0.25, -0.2) is 0 Å². The largest absolute Gasteiger partial charge is 0.308 e. The first kappa shape index (κ1) is 15.5. The molecule has 2 aliphatic rings. The first-order valence-electron chi connectivity index (χ1n) is 8.24.